The molecule has 1 rings (SSSR count). The zero-order chi connectivity index (χ0) is 13.0. The van der Waals surface area contributed by atoms with E-state index in [1.165, 1.54) is 12.1 Å². The van der Waals surface area contributed by atoms with Crippen molar-refractivity contribution >= 4 is 11.7 Å². The minimum Gasteiger partial charge on any atom is -0.485 e. The zero-order valence-corrected chi connectivity index (χ0v) is 9.12. The van der Waals surface area contributed by atoms with Crippen LogP contribution in [0.25, 0.3) is 0 Å². The molecule has 1 aromatic carbocycles. The number of hydrogen-bond acceptors (Lipinski definition) is 5. The van der Waals surface area contributed by atoms with Crippen LogP contribution in [0.15, 0.2) is 18.2 Å². The van der Waals surface area contributed by atoms with Crippen molar-refractivity contribution in [3.8, 4) is 5.75 Å². The number of carboxylic acid groups (broad SMARTS) is 1. The second kappa shape index (κ2) is 5.26. The fourth-order valence-corrected chi connectivity index (χ4v) is 1.14. The van der Waals surface area contributed by atoms with Crippen molar-refractivity contribution in [2.75, 3.05) is 6.61 Å². The summed E-state index contributed by atoms with van der Waals surface area (Å²) in [6, 6.07) is 3.18. The maximum absolute atomic E-state index is 10.7. The largest absolute Gasteiger partial charge is 0.485 e. The third kappa shape index (κ3) is 3.42. The number of nitro groups is 1. The summed E-state index contributed by atoms with van der Waals surface area (Å²) in [7, 11) is 0. The molecule has 0 spiro atoms. The maximum atomic E-state index is 10.7. The average molecular weight is 240 g/mol. The highest BCUT2D eigenvalue weighted by atomic mass is 16.6. The van der Waals surface area contributed by atoms with Gasteiger partial charge in [-0.3, -0.25) is 10.1 Å². The summed E-state index contributed by atoms with van der Waals surface area (Å²) in [4.78, 5) is 20.7. The Labute approximate surface area is 97.0 Å². The Bertz CT molecular complexity index is 444. The minimum absolute atomic E-state index is 0.0114. The molecule has 7 nitrogen and oxygen atoms in total. The van der Waals surface area contributed by atoms with Gasteiger partial charge in [0.25, 0.3) is 0 Å². The Balaban J connectivity index is 3.04. The predicted octanol–water partition coefficient (Wildman–Crippen LogP) is 1.02. The lowest BCUT2D eigenvalue weighted by Gasteiger charge is -2.09. The Morgan fingerprint density at radius 3 is 2.76 bits per heavy atom. The zero-order valence-electron chi connectivity index (χ0n) is 9.12. The number of nitrogens with zero attached hydrogens (tertiary/aromatic N) is 1. The first-order valence-electron chi connectivity index (χ1n) is 4.82. The summed E-state index contributed by atoms with van der Waals surface area (Å²) in [6.45, 7) is 1.81. The number of benzene rings is 1. The highest BCUT2D eigenvalue weighted by molar-refractivity contribution is 5.88. The van der Waals surface area contributed by atoms with Crippen LogP contribution in [0, 0.1) is 10.1 Å². The lowest BCUT2D eigenvalue weighted by Crippen LogP contribution is -2.23. The average Bonchev–Trinajstić information content (AvgIpc) is 2.25. The first-order chi connectivity index (χ1) is 7.91. The standard InChI is InChI=1S/C10H12N2O5/c1-6(11)5-17-9-3-2-7(10(13)14)4-8(9)12(15)16/h2-4,6H,5,11H2,1H3,(H,13,14)/t6-/m0/s1. The molecule has 0 saturated heterocycles. The number of rotatable bonds is 5. The SMILES string of the molecule is C[C@H](N)COc1ccc(C(=O)O)cc1[N+](=O)[O-]. The van der Waals surface area contributed by atoms with Crippen molar-refractivity contribution in [3.05, 3.63) is 33.9 Å². The van der Waals surface area contributed by atoms with E-state index in [2.05, 4.69) is 0 Å². The Morgan fingerprint density at radius 1 is 1.65 bits per heavy atom. The van der Waals surface area contributed by atoms with E-state index in [4.69, 9.17) is 15.6 Å². The molecular formula is C10H12N2O5. The molecule has 0 saturated carbocycles. The highest BCUT2D eigenvalue weighted by Crippen LogP contribution is 2.28. The van der Waals surface area contributed by atoms with E-state index in [1.807, 2.05) is 0 Å². The van der Waals surface area contributed by atoms with Gasteiger partial charge in [0, 0.05) is 12.1 Å². The molecule has 92 valence electrons. The number of aromatic carboxylic acids is 1. The molecular weight excluding hydrogens is 228 g/mol. The summed E-state index contributed by atoms with van der Waals surface area (Å²) in [5, 5.41) is 19.5. The summed E-state index contributed by atoms with van der Waals surface area (Å²) in [5.41, 5.74) is 4.91. The fraction of sp³-hybridized carbons (Fsp3) is 0.300. The third-order valence-electron chi connectivity index (χ3n) is 1.90. The van der Waals surface area contributed by atoms with Crippen LogP contribution in [0.3, 0.4) is 0 Å². The lowest BCUT2D eigenvalue weighted by molar-refractivity contribution is -0.385. The molecule has 0 aliphatic heterocycles. The second-order valence-corrected chi connectivity index (χ2v) is 3.53. The van der Waals surface area contributed by atoms with E-state index >= 15 is 0 Å². The van der Waals surface area contributed by atoms with E-state index in [9.17, 15) is 14.9 Å². The van der Waals surface area contributed by atoms with Crippen molar-refractivity contribution < 1.29 is 19.6 Å². The number of carbonyl (C=O) groups is 1. The normalized spacial score (nSPS) is 11.9. The molecule has 0 aromatic heterocycles. The Hall–Kier alpha value is -2.15. The van der Waals surface area contributed by atoms with E-state index < -0.39 is 10.9 Å². The summed E-state index contributed by atoms with van der Waals surface area (Å²) < 4.78 is 5.14. The van der Waals surface area contributed by atoms with Crippen LogP contribution in [0.1, 0.15) is 17.3 Å². The molecule has 0 aliphatic rings. The molecule has 0 heterocycles. The molecule has 0 radical (unpaired) electrons. The highest BCUT2D eigenvalue weighted by Gasteiger charge is 2.18. The van der Waals surface area contributed by atoms with Crippen LogP contribution in [-0.4, -0.2) is 28.6 Å². The molecule has 0 aliphatic carbocycles. The van der Waals surface area contributed by atoms with Crippen LogP contribution in [-0.2, 0) is 0 Å². The molecule has 0 unspecified atom stereocenters. The van der Waals surface area contributed by atoms with Crippen molar-refractivity contribution in [1.29, 1.82) is 0 Å². The molecule has 3 N–H and O–H groups in total. The van der Waals surface area contributed by atoms with Gasteiger partial charge in [-0.15, -0.1) is 0 Å². The molecule has 1 atom stereocenters. The molecule has 17 heavy (non-hydrogen) atoms. The monoisotopic (exact) mass is 240 g/mol. The Morgan fingerprint density at radius 2 is 2.29 bits per heavy atom. The van der Waals surface area contributed by atoms with E-state index in [1.54, 1.807) is 6.92 Å². The Kier molecular flexibility index (Phi) is 4.00. The number of nitro benzene ring substituents is 1. The van der Waals surface area contributed by atoms with Gasteiger partial charge in [-0.1, -0.05) is 0 Å². The van der Waals surface area contributed by atoms with Gasteiger partial charge in [0.05, 0.1) is 10.5 Å². The van der Waals surface area contributed by atoms with Gasteiger partial charge >= 0.3 is 11.7 Å². The smallest absolute Gasteiger partial charge is 0.335 e. The van der Waals surface area contributed by atoms with E-state index in [0.717, 1.165) is 6.07 Å². The fourth-order valence-electron chi connectivity index (χ4n) is 1.14. The topological polar surface area (TPSA) is 116 Å². The van der Waals surface area contributed by atoms with Gasteiger partial charge in [-0.05, 0) is 19.1 Å². The van der Waals surface area contributed by atoms with Gasteiger partial charge in [0.1, 0.15) is 6.61 Å². The summed E-state index contributed by atoms with van der Waals surface area (Å²) >= 11 is 0. The lowest BCUT2D eigenvalue weighted by atomic mass is 10.2. The third-order valence-corrected chi connectivity index (χ3v) is 1.90. The number of ether oxygens (including phenoxy) is 1. The number of nitrogens with two attached hydrogens (primary N) is 1. The van der Waals surface area contributed by atoms with Crippen molar-refractivity contribution in [2.24, 2.45) is 5.73 Å². The van der Waals surface area contributed by atoms with Gasteiger partial charge < -0.3 is 15.6 Å². The summed E-state index contributed by atoms with van der Waals surface area (Å²) in [6.07, 6.45) is 0. The van der Waals surface area contributed by atoms with Crippen molar-refractivity contribution in [3.63, 3.8) is 0 Å². The van der Waals surface area contributed by atoms with Crippen LogP contribution < -0.4 is 10.5 Å². The summed E-state index contributed by atoms with van der Waals surface area (Å²) in [5.74, 6) is -1.22. The first-order valence-corrected chi connectivity index (χ1v) is 4.82. The minimum atomic E-state index is -1.23. The molecule has 0 bridgehead atoms. The van der Waals surface area contributed by atoms with Crippen molar-refractivity contribution in [2.45, 2.75) is 13.0 Å². The molecule has 0 fully saturated rings. The van der Waals surface area contributed by atoms with Gasteiger partial charge in [-0.2, -0.15) is 0 Å². The predicted molar refractivity (Wildman–Crippen MR) is 59.2 cm³/mol. The molecule has 0 amide bonds. The van der Waals surface area contributed by atoms with Crippen LogP contribution >= 0.6 is 0 Å². The quantitative estimate of drug-likeness (QED) is 0.586. The molecule has 7 heteroatoms. The first kappa shape index (κ1) is 12.9. The van der Waals surface area contributed by atoms with Gasteiger partial charge in [0.15, 0.2) is 5.75 Å². The number of carboxylic acids is 1. The molecule has 1 aromatic rings. The van der Waals surface area contributed by atoms with Crippen LogP contribution in [0.2, 0.25) is 0 Å². The van der Waals surface area contributed by atoms with E-state index in [0.29, 0.717) is 0 Å². The van der Waals surface area contributed by atoms with Crippen LogP contribution in [0.4, 0.5) is 5.69 Å². The van der Waals surface area contributed by atoms with Crippen molar-refractivity contribution in [1.82, 2.24) is 0 Å². The maximum Gasteiger partial charge on any atom is 0.335 e. The van der Waals surface area contributed by atoms with Crippen LogP contribution in [0.5, 0.6) is 5.75 Å². The van der Waals surface area contributed by atoms with Gasteiger partial charge in [0.2, 0.25) is 0 Å². The van der Waals surface area contributed by atoms with Gasteiger partial charge in [-0.25, -0.2) is 4.79 Å². The number of hydrogen-bond donors (Lipinski definition) is 2. The van der Waals surface area contributed by atoms with E-state index in [-0.39, 0.29) is 29.6 Å². The second-order valence-electron chi connectivity index (χ2n) is 3.53.